The van der Waals surface area contributed by atoms with Crippen LogP contribution in [0.4, 0.5) is 0 Å². The van der Waals surface area contributed by atoms with Crippen LogP contribution in [0.2, 0.25) is 0 Å². The van der Waals surface area contributed by atoms with Crippen LogP contribution in [0, 0.1) is 13.8 Å². The molecule has 2 rings (SSSR count). The average Bonchev–Trinajstić information content (AvgIpc) is 2.62. The van der Waals surface area contributed by atoms with Gasteiger partial charge in [-0.1, -0.05) is 63.7 Å². The first kappa shape index (κ1) is 23.1. The van der Waals surface area contributed by atoms with Crippen LogP contribution in [-0.2, 0) is 17.6 Å². The third-order valence-corrected chi connectivity index (χ3v) is 9.04. The number of aromatic nitrogens is 1. The van der Waals surface area contributed by atoms with E-state index < -0.39 is 0 Å². The Morgan fingerprint density at radius 2 is 1.70 bits per heavy atom. The van der Waals surface area contributed by atoms with E-state index in [0.717, 1.165) is 38.3 Å². The van der Waals surface area contributed by atoms with Crippen molar-refractivity contribution in [1.82, 2.24) is 4.98 Å². The molecule has 0 aliphatic heterocycles. The molecule has 8 heteroatoms. The molecule has 2 atom stereocenters. The maximum atomic E-state index is 12.4. The van der Waals surface area contributed by atoms with Crippen molar-refractivity contribution in [2.45, 2.75) is 43.3 Å². The Morgan fingerprint density at radius 1 is 1.11 bits per heavy atom. The van der Waals surface area contributed by atoms with Crippen molar-refractivity contribution in [3.05, 3.63) is 38.7 Å². The predicted molar refractivity (Wildman–Crippen MR) is 126 cm³/mol. The third kappa shape index (κ3) is 5.46. The van der Waals surface area contributed by atoms with Gasteiger partial charge in [0, 0.05) is 43.8 Å². The van der Waals surface area contributed by atoms with Gasteiger partial charge in [0.05, 0.1) is 5.52 Å². The van der Waals surface area contributed by atoms with E-state index in [4.69, 9.17) is 4.74 Å². The number of hydrogen-bond acceptors (Lipinski definition) is 3. The Labute approximate surface area is 192 Å². The predicted octanol–water partition coefficient (Wildman–Crippen LogP) is 5.47. The van der Waals surface area contributed by atoms with Gasteiger partial charge in [0.2, 0.25) is 0 Å². The van der Waals surface area contributed by atoms with Crippen molar-refractivity contribution in [2.75, 3.05) is 10.7 Å². The number of alkyl halides is 4. The van der Waals surface area contributed by atoms with Gasteiger partial charge in [-0.05, 0) is 43.9 Å². The summed E-state index contributed by atoms with van der Waals surface area (Å²) in [5.74, 6) is 0.169. The Kier molecular flexibility index (Phi) is 8.58. The highest BCUT2D eigenvalue weighted by atomic mass is 79.9. The van der Waals surface area contributed by atoms with Crippen molar-refractivity contribution < 1.29 is 9.53 Å². The van der Waals surface area contributed by atoms with Gasteiger partial charge in [0.15, 0.2) is 0 Å². The fourth-order valence-electron chi connectivity index (χ4n) is 2.99. The first-order valence-electron chi connectivity index (χ1n) is 8.45. The normalized spacial score (nSPS) is 13.6. The SMILES string of the molecule is CC(=O)Oc1c(CC(Br)CBr)cc2c(C)c(C)c(=O)[nH]c2c1CC(Br)CBr. The van der Waals surface area contributed by atoms with E-state index in [1.165, 1.54) is 6.92 Å². The third-order valence-electron chi connectivity index (χ3n) is 4.45. The molecule has 0 fully saturated rings. The number of benzene rings is 1. The smallest absolute Gasteiger partial charge is 0.308 e. The summed E-state index contributed by atoms with van der Waals surface area (Å²) in [7, 11) is 0. The average molecular weight is 631 g/mol. The van der Waals surface area contributed by atoms with Crippen molar-refractivity contribution in [3.63, 3.8) is 0 Å². The van der Waals surface area contributed by atoms with E-state index in [9.17, 15) is 9.59 Å². The van der Waals surface area contributed by atoms with Crippen LogP contribution in [0.5, 0.6) is 5.75 Å². The lowest BCUT2D eigenvalue weighted by Gasteiger charge is -2.20. The molecule has 0 aliphatic carbocycles. The number of fused-ring (bicyclic) bond motifs is 1. The van der Waals surface area contributed by atoms with Crippen LogP contribution >= 0.6 is 63.7 Å². The van der Waals surface area contributed by atoms with Crippen LogP contribution < -0.4 is 10.3 Å². The van der Waals surface area contributed by atoms with Gasteiger partial charge in [-0.3, -0.25) is 9.59 Å². The molecule has 0 bridgehead atoms. The number of ether oxygens (including phenoxy) is 1. The number of pyridine rings is 1. The number of esters is 1. The van der Waals surface area contributed by atoms with Gasteiger partial charge in [0.25, 0.3) is 5.56 Å². The van der Waals surface area contributed by atoms with E-state index >= 15 is 0 Å². The Balaban J connectivity index is 2.88. The lowest BCUT2D eigenvalue weighted by molar-refractivity contribution is -0.131. The van der Waals surface area contributed by atoms with E-state index in [1.54, 1.807) is 0 Å². The zero-order chi connectivity index (χ0) is 20.3. The molecule has 1 aromatic heterocycles. The second kappa shape index (κ2) is 10.0. The van der Waals surface area contributed by atoms with E-state index in [0.29, 0.717) is 24.2 Å². The summed E-state index contributed by atoms with van der Waals surface area (Å²) < 4.78 is 5.65. The number of rotatable bonds is 7. The number of nitrogens with one attached hydrogen (secondary N) is 1. The zero-order valence-electron chi connectivity index (χ0n) is 15.3. The number of hydrogen-bond donors (Lipinski definition) is 1. The highest BCUT2D eigenvalue weighted by Crippen LogP contribution is 2.36. The molecule has 0 saturated carbocycles. The van der Waals surface area contributed by atoms with Crippen LogP contribution in [0.3, 0.4) is 0 Å². The molecule has 0 saturated heterocycles. The Bertz CT molecular complexity index is 910. The van der Waals surface area contributed by atoms with Gasteiger partial charge >= 0.3 is 5.97 Å². The van der Waals surface area contributed by atoms with Crippen LogP contribution in [0.25, 0.3) is 10.9 Å². The molecule has 2 aromatic rings. The number of halogens is 4. The second-order valence-corrected chi connectivity index (χ2v) is 10.4. The topological polar surface area (TPSA) is 59.2 Å². The number of carbonyl (C=O) groups excluding carboxylic acids is 1. The second-order valence-electron chi connectivity index (χ2n) is 6.48. The molecule has 27 heavy (non-hydrogen) atoms. The van der Waals surface area contributed by atoms with Gasteiger partial charge in [0.1, 0.15) is 5.75 Å². The molecular weight excluding hydrogens is 610 g/mol. The fraction of sp³-hybridized carbons (Fsp3) is 0.474. The first-order chi connectivity index (χ1) is 12.7. The fourth-order valence-corrected chi connectivity index (χ4v) is 4.12. The van der Waals surface area contributed by atoms with Crippen molar-refractivity contribution in [3.8, 4) is 5.75 Å². The highest BCUT2D eigenvalue weighted by molar-refractivity contribution is 9.12. The van der Waals surface area contributed by atoms with E-state index in [1.807, 2.05) is 19.9 Å². The zero-order valence-corrected chi connectivity index (χ0v) is 21.6. The molecule has 0 amide bonds. The number of H-pyrrole nitrogens is 1. The molecule has 2 unspecified atom stereocenters. The summed E-state index contributed by atoms with van der Waals surface area (Å²) in [5, 5.41) is 2.48. The summed E-state index contributed by atoms with van der Waals surface area (Å²) in [4.78, 5) is 27.5. The molecule has 1 aromatic carbocycles. The minimum Gasteiger partial charge on any atom is -0.426 e. The quantitative estimate of drug-likeness (QED) is 0.251. The van der Waals surface area contributed by atoms with Crippen LogP contribution in [0.15, 0.2) is 10.9 Å². The highest BCUT2D eigenvalue weighted by Gasteiger charge is 2.22. The summed E-state index contributed by atoms with van der Waals surface area (Å²) in [6, 6.07) is 2.03. The van der Waals surface area contributed by atoms with Gasteiger partial charge < -0.3 is 9.72 Å². The summed E-state index contributed by atoms with van der Waals surface area (Å²) in [5.41, 5.74) is 4.04. The molecule has 4 nitrogen and oxygen atoms in total. The standard InChI is InChI=1S/C19H21Br4NO3/c1-9-10(2)19(26)24-17-15(9)5-12(4-13(22)7-20)18(27-11(3)25)16(17)6-14(23)8-21/h5,13-14H,4,6-8H2,1-3H3,(H,24,26). The van der Waals surface area contributed by atoms with E-state index in [2.05, 4.69) is 68.7 Å². The Morgan fingerprint density at radius 3 is 2.26 bits per heavy atom. The Hall–Kier alpha value is -0.180. The lowest BCUT2D eigenvalue weighted by atomic mass is 9.94. The molecule has 0 spiro atoms. The van der Waals surface area contributed by atoms with Crippen molar-refractivity contribution in [2.24, 2.45) is 0 Å². The monoisotopic (exact) mass is 627 g/mol. The molecular formula is C19H21Br4NO3. The van der Waals surface area contributed by atoms with Gasteiger partial charge in [-0.15, -0.1) is 0 Å². The number of carbonyl (C=O) groups is 1. The molecule has 0 radical (unpaired) electrons. The number of aromatic amines is 1. The summed E-state index contributed by atoms with van der Waals surface area (Å²) in [6.07, 6.45) is 1.30. The first-order valence-corrected chi connectivity index (χ1v) is 12.5. The minimum absolute atomic E-state index is 0.119. The van der Waals surface area contributed by atoms with Crippen LogP contribution in [-0.4, -0.2) is 31.3 Å². The molecule has 0 aliphatic rings. The van der Waals surface area contributed by atoms with Crippen molar-refractivity contribution >= 4 is 80.6 Å². The van der Waals surface area contributed by atoms with Gasteiger partial charge in [-0.25, -0.2) is 0 Å². The molecule has 1 heterocycles. The molecule has 148 valence electrons. The summed E-state index contributed by atoms with van der Waals surface area (Å²) >= 11 is 14.3. The summed E-state index contributed by atoms with van der Waals surface area (Å²) in [6.45, 7) is 5.18. The number of aryl methyl sites for hydroxylation is 1. The van der Waals surface area contributed by atoms with Gasteiger partial charge in [-0.2, -0.15) is 0 Å². The lowest BCUT2D eigenvalue weighted by Crippen LogP contribution is -2.17. The largest absolute Gasteiger partial charge is 0.426 e. The van der Waals surface area contributed by atoms with E-state index in [-0.39, 0.29) is 21.2 Å². The van der Waals surface area contributed by atoms with Crippen LogP contribution in [0.1, 0.15) is 29.2 Å². The molecule has 1 N–H and O–H groups in total. The maximum absolute atomic E-state index is 12.4. The maximum Gasteiger partial charge on any atom is 0.308 e. The minimum atomic E-state index is -0.377. The van der Waals surface area contributed by atoms with Crippen molar-refractivity contribution in [1.29, 1.82) is 0 Å².